The van der Waals surface area contributed by atoms with Crippen LogP contribution in [0.5, 0.6) is 0 Å². The molecule has 3 rings (SSSR count). The Morgan fingerprint density at radius 1 is 1.40 bits per heavy atom. The lowest BCUT2D eigenvalue weighted by atomic mass is 10.2. The third-order valence-corrected chi connectivity index (χ3v) is 3.93. The second-order valence-electron chi connectivity index (χ2n) is 4.13. The van der Waals surface area contributed by atoms with Crippen LogP contribution in [0.2, 0.25) is 5.02 Å². The number of hydrogen-bond acceptors (Lipinski definition) is 5. The first kappa shape index (κ1) is 13.2. The van der Waals surface area contributed by atoms with E-state index in [2.05, 4.69) is 15.1 Å². The Labute approximate surface area is 125 Å². The molecule has 7 heteroatoms. The van der Waals surface area contributed by atoms with Crippen LogP contribution in [0.3, 0.4) is 0 Å². The summed E-state index contributed by atoms with van der Waals surface area (Å²) in [7, 11) is 1.94. The summed E-state index contributed by atoms with van der Waals surface area (Å²) in [6.45, 7) is 0. The lowest BCUT2D eigenvalue weighted by Gasteiger charge is -1.97. The fourth-order valence-electron chi connectivity index (χ4n) is 1.68. The molecule has 0 atom stereocenters. The van der Waals surface area contributed by atoms with Crippen molar-refractivity contribution in [3.8, 4) is 11.4 Å². The van der Waals surface area contributed by atoms with Gasteiger partial charge in [0.2, 0.25) is 11.7 Å². The summed E-state index contributed by atoms with van der Waals surface area (Å²) in [5.41, 5.74) is 0.842. The van der Waals surface area contributed by atoms with Crippen LogP contribution in [0.4, 0.5) is 0 Å². The summed E-state index contributed by atoms with van der Waals surface area (Å²) in [5, 5.41) is 5.52. The first-order valence-corrected chi connectivity index (χ1v) is 7.27. The van der Waals surface area contributed by atoms with E-state index in [-0.39, 0.29) is 0 Å². The Hall–Kier alpha value is -1.79. The zero-order chi connectivity index (χ0) is 13.9. The number of aryl methyl sites for hydroxylation is 1. The maximum Gasteiger partial charge on any atom is 0.237 e. The first-order valence-electron chi connectivity index (χ1n) is 5.91. The van der Waals surface area contributed by atoms with Crippen LogP contribution < -0.4 is 0 Å². The molecular weight excluding hydrogens is 296 g/mol. The molecule has 0 aliphatic heterocycles. The average molecular weight is 307 g/mol. The molecule has 1 aromatic carbocycles. The Kier molecular flexibility index (Phi) is 3.75. The zero-order valence-electron chi connectivity index (χ0n) is 10.7. The summed E-state index contributed by atoms with van der Waals surface area (Å²) in [6, 6.07) is 7.37. The van der Waals surface area contributed by atoms with Gasteiger partial charge in [-0.1, -0.05) is 40.7 Å². The summed E-state index contributed by atoms with van der Waals surface area (Å²) in [6.07, 6.45) is 3.65. The molecule has 2 heterocycles. The molecular formula is C13H11ClN4OS. The van der Waals surface area contributed by atoms with Gasteiger partial charge in [-0.2, -0.15) is 4.98 Å². The minimum absolute atomic E-state index is 0.544. The highest BCUT2D eigenvalue weighted by Crippen LogP contribution is 2.23. The minimum atomic E-state index is 0.544. The molecule has 0 unspecified atom stereocenters. The summed E-state index contributed by atoms with van der Waals surface area (Å²) in [5.74, 6) is 1.69. The van der Waals surface area contributed by atoms with E-state index >= 15 is 0 Å². The fraction of sp³-hybridized carbons (Fsp3) is 0.154. The molecule has 102 valence electrons. The molecule has 0 saturated carbocycles. The third kappa shape index (κ3) is 2.86. The topological polar surface area (TPSA) is 56.7 Å². The van der Waals surface area contributed by atoms with Gasteiger partial charge >= 0.3 is 0 Å². The first-order chi connectivity index (χ1) is 9.72. The Balaban J connectivity index is 1.72. The van der Waals surface area contributed by atoms with Crippen molar-refractivity contribution in [2.24, 2.45) is 7.05 Å². The molecule has 0 aliphatic rings. The highest BCUT2D eigenvalue weighted by atomic mass is 35.5. The van der Waals surface area contributed by atoms with Crippen molar-refractivity contribution in [2.45, 2.75) is 10.9 Å². The third-order valence-electron chi connectivity index (χ3n) is 2.65. The van der Waals surface area contributed by atoms with E-state index in [4.69, 9.17) is 16.1 Å². The van der Waals surface area contributed by atoms with E-state index < -0.39 is 0 Å². The molecule has 0 amide bonds. The largest absolute Gasteiger partial charge is 0.338 e. The number of imidazole rings is 1. The lowest BCUT2D eigenvalue weighted by molar-refractivity contribution is 0.391. The lowest BCUT2D eigenvalue weighted by Crippen LogP contribution is -1.90. The predicted molar refractivity (Wildman–Crippen MR) is 77.5 cm³/mol. The van der Waals surface area contributed by atoms with Crippen LogP contribution in [0.1, 0.15) is 5.89 Å². The molecule has 0 saturated heterocycles. The molecule has 0 aliphatic carbocycles. The number of aromatic nitrogens is 4. The molecule has 0 N–H and O–H groups in total. The van der Waals surface area contributed by atoms with E-state index in [1.54, 1.807) is 18.0 Å². The SMILES string of the molecule is Cn1ccnc1SCc1nc(-c2cccc(Cl)c2)no1. The molecule has 20 heavy (non-hydrogen) atoms. The van der Waals surface area contributed by atoms with Crippen LogP contribution >= 0.6 is 23.4 Å². The van der Waals surface area contributed by atoms with Crippen molar-refractivity contribution in [3.05, 3.63) is 47.6 Å². The second-order valence-corrected chi connectivity index (χ2v) is 5.51. The van der Waals surface area contributed by atoms with Crippen LogP contribution in [0.25, 0.3) is 11.4 Å². The fourth-order valence-corrected chi connectivity index (χ4v) is 2.64. The Bertz CT molecular complexity index is 724. The summed E-state index contributed by atoms with van der Waals surface area (Å²) in [4.78, 5) is 8.58. The quantitative estimate of drug-likeness (QED) is 0.691. The van der Waals surface area contributed by atoms with Crippen LogP contribution in [0.15, 0.2) is 46.3 Å². The van der Waals surface area contributed by atoms with Gasteiger partial charge in [0, 0.05) is 30.0 Å². The van der Waals surface area contributed by atoms with Crippen LogP contribution in [-0.2, 0) is 12.8 Å². The van der Waals surface area contributed by atoms with E-state index in [1.807, 2.05) is 42.1 Å². The van der Waals surface area contributed by atoms with Crippen molar-refractivity contribution in [2.75, 3.05) is 0 Å². The molecule has 0 radical (unpaired) electrons. The summed E-state index contributed by atoms with van der Waals surface area (Å²) >= 11 is 7.49. The maximum atomic E-state index is 5.95. The van der Waals surface area contributed by atoms with Gasteiger partial charge in [0.15, 0.2) is 5.16 Å². The highest BCUT2D eigenvalue weighted by Gasteiger charge is 2.10. The van der Waals surface area contributed by atoms with E-state index in [0.29, 0.717) is 22.5 Å². The summed E-state index contributed by atoms with van der Waals surface area (Å²) < 4.78 is 7.18. The predicted octanol–water partition coefficient (Wildman–Crippen LogP) is 3.42. The minimum Gasteiger partial charge on any atom is -0.338 e. The van der Waals surface area contributed by atoms with Gasteiger partial charge in [0.1, 0.15) is 0 Å². The van der Waals surface area contributed by atoms with Crippen molar-refractivity contribution in [3.63, 3.8) is 0 Å². The number of nitrogens with zero attached hydrogens (tertiary/aromatic N) is 4. The Morgan fingerprint density at radius 2 is 2.30 bits per heavy atom. The van der Waals surface area contributed by atoms with Gasteiger partial charge in [-0.05, 0) is 12.1 Å². The van der Waals surface area contributed by atoms with Crippen LogP contribution in [0, 0.1) is 0 Å². The second kappa shape index (κ2) is 5.68. The molecule has 0 bridgehead atoms. The number of hydrogen-bond donors (Lipinski definition) is 0. The zero-order valence-corrected chi connectivity index (χ0v) is 12.2. The van der Waals surface area contributed by atoms with Crippen molar-refractivity contribution in [1.82, 2.24) is 19.7 Å². The molecule has 3 aromatic rings. The number of rotatable bonds is 4. The number of thioether (sulfide) groups is 1. The normalized spacial score (nSPS) is 10.9. The van der Waals surface area contributed by atoms with E-state index in [1.165, 1.54) is 0 Å². The van der Waals surface area contributed by atoms with Gasteiger partial charge < -0.3 is 9.09 Å². The number of benzene rings is 1. The number of halogens is 1. The average Bonchev–Trinajstić information content (AvgIpc) is 3.05. The standard InChI is InChI=1S/C13H11ClN4OS/c1-18-6-5-15-13(18)20-8-11-16-12(17-19-11)9-3-2-4-10(14)7-9/h2-7H,8H2,1H3. The van der Waals surface area contributed by atoms with Gasteiger partial charge in [-0.3, -0.25) is 0 Å². The molecule has 5 nitrogen and oxygen atoms in total. The van der Waals surface area contributed by atoms with Crippen molar-refractivity contribution < 1.29 is 4.52 Å². The molecule has 0 spiro atoms. The van der Waals surface area contributed by atoms with Crippen molar-refractivity contribution >= 4 is 23.4 Å². The molecule has 2 aromatic heterocycles. The van der Waals surface area contributed by atoms with Gasteiger partial charge in [0.05, 0.1) is 5.75 Å². The highest BCUT2D eigenvalue weighted by molar-refractivity contribution is 7.98. The van der Waals surface area contributed by atoms with E-state index in [0.717, 1.165) is 10.7 Å². The maximum absolute atomic E-state index is 5.95. The Morgan fingerprint density at radius 3 is 3.05 bits per heavy atom. The van der Waals surface area contributed by atoms with Crippen LogP contribution in [-0.4, -0.2) is 19.7 Å². The van der Waals surface area contributed by atoms with E-state index in [9.17, 15) is 0 Å². The monoisotopic (exact) mass is 306 g/mol. The molecule has 0 fully saturated rings. The smallest absolute Gasteiger partial charge is 0.237 e. The van der Waals surface area contributed by atoms with Gasteiger partial charge in [0.25, 0.3) is 0 Å². The van der Waals surface area contributed by atoms with Gasteiger partial charge in [-0.15, -0.1) is 0 Å². The van der Waals surface area contributed by atoms with Crippen molar-refractivity contribution in [1.29, 1.82) is 0 Å². The van der Waals surface area contributed by atoms with Gasteiger partial charge in [-0.25, -0.2) is 4.98 Å².